The molecule has 5 rings (SSSR count). The minimum absolute atomic E-state index is 0.156. The van der Waals surface area contributed by atoms with Gasteiger partial charge in [0.2, 0.25) is 17.7 Å². The summed E-state index contributed by atoms with van der Waals surface area (Å²) in [5.41, 5.74) is 1.92. The lowest BCUT2D eigenvalue weighted by Crippen LogP contribution is -2.39. The number of benzene rings is 2. The quantitative estimate of drug-likeness (QED) is 0.515. The van der Waals surface area contributed by atoms with Gasteiger partial charge in [-0.05, 0) is 83.0 Å². The van der Waals surface area contributed by atoms with Crippen molar-refractivity contribution in [1.82, 2.24) is 4.90 Å². The molecule has 2 bridgehead atoms. The van der Waals surface area contributed by atoms with Gasteiger partial charge >= 0.3 is 0 Å². The van der Waals surface area contributed by atoms with E-state index in [1.54, 1.807) is 0 Å². The SMILES string of the molecule is O=C(CN1C(=O)C2C3CC(c4ccccc4)C(C3)C2C1=O)Nc1ccc(I)cc1. The number of rotatable bonds is 4. The van der Waals surface area contributed by atoms with E-state index in [9.17, 15) is 14.4 Å². The molecule has 2 aliphatic carbocycles. The topological polar surface area (TPSA) is 66.5 Å². The van der Waals surface area contributed by atoms with E-state index in [1.165, 1.54) is 10.5 Å². The lowest BCUT2D eigenvalue weighted by molar-refractivity contribution is -0.143. The van der Waals surface area contributed by atoms with Crippen molar-refractivity contribution in [3.8, 4) is 0 Å². The van der Waals surface area contributed by atoms with Crippen LogP contribution in [0.15, 0.2) is 54.6 Å². The Morgan fingerprint density at radius 1 is 0.966 bits per heavy atom. The first-order chi connectivity index (χ1) is 14.0. The van der Waals surface area contributed by atoms with Crippen molar-refractivity contribution in [2.75, 3.05) is 11.9 Å². The molecule has 0 aromatic heterocycles. The maximum absolute atomic E-state index is 13.1. The molecule has 1 aliphatic heterocycles. The highest BCUT2D eigenvalue weighted by atomic mass is 127. The van der Waals surface area contributed by atoms with Crippen LogP contribution in [0.2, 0.25) is 0 Å². The summed E-state index contributed by atoms with van der Waals surface area (Å²) in [6.45, 7) is -0.202. The predicted octanol–water partition coefficient (Wildman–Crippen LogP) is 3.65. The van der Waals surface area contributed by atoms with Gasteiger partial charge in [-0.2, -0.15) is 0 Å². The molecule has 1 N–H and O–H groups in total. The van der Waals surface area contributed by atoms with Crippen LogP contribution >= 0.6 is 22.6 Å². The number of likely N-dealkylation sites (tertiary alicyclic amines) is 1. The molecule has 1 saturated heterocycles. The van der Waals surface area contributed by atoms with Crippen molar-refractivity contribution >= 4 is 46.0 Å². The zero-order valence-electron chi connectivity index (χ0n) is 15.8. The largest absolute Gasteiger partial charge is 0.325 e. The first-order valence-electron chi connectivity index (χ1n) is 9.98. The van der Waals surface area contributed by atoms with Crippen LogP contribution < -0.4 is 5.32 Å². The number of nitrogens with zero attached hydrogens (tertiary/aromatic N) is 1. The molecule has 3 aliphatic rings. The van der Waals surface area contributed by atoms with Crippen molar-refractivity contribution < 1.29 is 14.4 Å². The number of anilines is 1. The van der Waals surface area contributed by atoms with E-state index in [4.69, 9.17) is 0 Å². The third kappa shape index (κ3) is 3.17. The van der Waals surface area contributed by atoms with Crippen LogP contribution in [-0.4, -0.2) is 29.2 Å². The summed E-state index contributed by atoms with van der Waals surface area (Å²) in [5.74, 6) is -0.373. The smallest absolute Gasteiger partial charge is 0.244 e. The first kappa shape index (κ1) is 18.8. The molecule has 2 aromatic rings. The molecular weight excluding hydrogens is 479 g/mol. The molecule has 3 fully saturated rings. The van der Waals surface area contributed by atoms with Crippen molar-refractivity contribution in [3.05, 3.63) is 63.7 Å². The van der Waals surface area contributed by atoms with Crippen LogP contribution in [0, 0.1) is 27.2 Å². The van der Waals surface area contributed by atoms with Gasteiger partial charge in [-0.1, -0.05) is 30.3 Å². The van der Waals surface area contributed by atoms with Crippen LogP contribution in [-0.2, 0) is 14.4 Å². The van der Waals surface area contributed by atoms with E-state index in [1.807, 2.05) is 42.5 Å². The molecule has 0 spiro atoms. The highest BCUT2D eigenvalue weighted by molar-refractivity contribution is 14.1. The van der Waals surface area contributed by atoms with Crippen LogP contribution in [0.3, 0.4) is 0 Å². The van der Waals surface area contributed by atoms with Crippen molar-refractivity contribution in [1.29, 1.82) is 0 Å². The van der Waals surface area contributed by atoms with Gasteiger partial charge in [-0.3, -0.25) is 19.3 Å². The Morgan fingerprint density at radius 3 is 2.38 bits per heavy atom. The Bertz CT molecular complexity index is 975. The molecule has 0 radical (unpaired) electrons. The number of imide groups is 1. The second kappa shape index (κ2) is 7.23. The summed E-state index contributed by atoms with van der Waals surface area (Å²) in [6.07, 6.45) is 1.90. The number of hydrogen-bond donors (Lipinski definition) is 1. The highest BCUT2D eigenvalue weighted by Gasteiger charge is 2.63. The zero-order chi connectivity index (χ0) is 20.1. The maximum Gasteiger partial charge on any atom is 0.244 e. The van der Waals surface area contributed by atoms with Crippen molar-refractivity contribution in [2.24, 2.45) is 23.7 Å². The van der Waals surface area contributed by atoms with E-state index in [0.717, 1.165) is 16.4 Å². The van der Waals surface area contributed by atoms with Gasteiger partial charge in [0.15, 0.2) is 0 Å². The first-order valence-corrected chi connectivity index (χ1v) is 11.1. The Balaban J connectivity index is 1.31. The second-order valence-corrected chi connectivity index (χ2v) is 9.53. The number of carbonyl (C=O) groups excluding carboxylic acids is 3. The number of fused-ring (bicyclic) bond motifs is 5. The van der Waals surface area contributed by atoms with Gasteiger partial charge in [-0.15, -0.1) is 0 Å². The molecule has 148 valence electrons. The molecule has 2 aromatic carbocycles. The van der Waals surface area contributed by atoms with Gasteiger partial charge in [0.1, 0.15) is 6.54 Å². The van der Waals surface area contributed by atoms with Crippen LogP contribution in [0.4, 0.5) is 5.69 Å². The normalized spacial score (nSPS) is 30.0. The molecule has 29 heavy (non-hydrogen) atoms. The predicted molar refractivity (Wildman–Crippen MR) is 117 cm³/mol. The van der Waals surface area contributed by atoms with Crippen LogP contribution in [0.25, 0.3) is 0 Å². The summed E-state index contributed by atoms with van der Waals surface area (Å²) in [4.78, 5) is 39.8. The summed E-state index contributed by atoms with van der Waals surface area (Å²) in [5, 5.41) is 2.79. The minimum Gasteiger partial charge on any atom is -0.325 e. The van der Waals surface area contributed by atoms with Gasteiger partial charge in [-0.25, -0.2) is 0 Å². The van der Waals surface area contributed by atoms with Crippen molar-refractivity contribution in [2.45, 2.75) is 18.8 Å². The minimum atomic E-state index is -0.333. The Hall–Kier alpha value is -2.22. The number of halogens is 1. The number of hydrogen-bond acceptors (Lipinski definition) is 3. The second-order valence-electron chi connectivity index (χ2n) is 8.28. The monoisotopic (exact) mass is 500 g/mol. The highest BCUT2D eigenvalue weighted by Crippen LogP contribution is 2.61. The lowest BCUT2D eigenvalue weighted by atomic mass is 9.73. The molecule has 1 heterocycles. The fourth-order valence-corrected chi connectivity index (χ4v) is 6.00. The number of nitrogens with one attached hydrogen (secondary N) is 1. The van der Waals surface area contributed by atoms with Gasteiger partial charge in [0, 0.05) is 9.26 Å². The number of amides is 3. The standard InChI is InChI=1S/C23H21IN2O3/c24-15-6-8-16(9-7-15)25-19(27)12-26-22(28)20-14-10-17(13-4-2-1-3-5-13)18(11-14)21(20)23(26)29/h1-9,14,17-18,20-21H,10-12H2,(H,25,27). The Kier molecular flexibility index (Phi) is 4.69. The fourth-order valence-electron chi connectivity index (χ4n) is 5.64. The number of carbonyl (C=O) groups is 3. The third-order valence-electron chi connectivity index (χ3n) is 6.76. The maximum atomic E-state index is 13.1. The molecule has 5 atom stereocenters. The average molecular weight is 500 g/mol. The summed E-state index contributed by atoms with van der Waals surface area (Å²) >= 11 is 2.20. The molecule has 5 unspecified atom stereocenters. The van der Waals surface area contributed by atoms with E-state index in [2.05, 4.69) is 40.0 Å². The summed E-state index contributed by atoms with van der Waals surface area (Å²) < 4.78 is 1.07. The van der Waals surface area contributed by atoms with Gasteiger partial charge in [0.05, 0.1) is 11.8 Å². The molecule has 6 heteroatoms. The van der Waals surface area contributed by atoms with E-state index in [-0.39, 0.29) is 47.9 Å². The third-order valence-corrected chi connectivity index (χ3v) is 7.48. The van der Waals surface area contributed by atoms with E-state index in [0.29, 0.717) is 11.6 Å². The van der Waals surface area contributed by atoms with Crippen LogP contribution in [0.5, 0.6) is 0 Å². The molecular formula is C23H21IN2O3. The average Bonchev–Trinajstić information content (AvgIpc) is 3.38. The molecule has 2 saturated carbocycles. The molecule has 3 amide bonds. The Labute approximate surface area is 183 Å². The molecule has 5 nitrogen and oxygen atoms in total. The summed E-state index contributed by atoms with van der Waals surface area (Å²) in [7, 11) is 0. The van der Waals surface area contributed by atoms with E-state index < -0.39 is 0 Å². The van der Waals surface area contributed by atoms with Gasteiger partial charge < -0.3 is 5.32 Å². The Morgan fingerprint density at radius 2 is 1.66 bits per heavy atom. The van der Waals surface area contributed by atoms with Gasteiger partial charge in [0.25, 0.3) is 0 Å². The summed E-state index contributed by atoms with van der Waals surface area (Å²) in [6, 6.07) is 17.7. The lowest BCUT2D eigenvalue weighted by Gasteiger charge is -2.28. The van der Waals surface area contributed by atoms with E-state index >= 15 is 0 Å². The van der Waals surface area contributed by atoms with Crippen LogP contribution in [0.1, 0.15) is 24.3 Å². The van der Waals surface area contributed by atoms with Crippen molar-refractivity contribution in [3.63, 3.8) is 0 Å². The fraction of sp³-hybridized carbons (Fsp3) is 0.348. The zero-order valence-corrected chi connectivity index (χ0v) is 17.9.